The highest BCUT2D eigenvalue weighted by molar-refractivity contribution is 7.09. The first-order chi connectivity index (χ1) is 11.4. The Hall–Kier alpha value is -2.93. The van der Waals surface area contributed by atoms with E-state index in [1.807, 2.05) is 6.92 Å². The van der Waals surface area contributed by atoms with Crippen molar-refractivity contribution in [2.24, 2.45) is 5.73 Å². The minimum absolute atomic E-state index is 0.0121. The van der Waals surface area contributed by atoms with Crippen molar-refractivity contribution in [2.45, 2.75) is 13.8 Å². The lowest BCUT2D eigenvalue weighted by Crippen LogP contribution is -2.17. The van der Waals surface area contributed by atoms with E-state index in [9.17, 15) is 9.90 Å². The van der Waals surface area contributed by atoms with Gasteiger partial charge in [0.2, 0.25) is 0 Å². The van der Waals surface area contributed by atoms with Crippen LogP contribution in [0, 0.1) is 13.8 Å². The van der Waals surface area contributed by atoms with Crippen molar-refractivity contribution in [3.63, 3.8) is 0 Å². The van der Waals surface area contributed by atoms with E-state index in [0.717, 1.165) is 16.0 Å². The number of carbonyl (C=O) groups excluding carboxylic acids is 1. The monoisotopic (exact) mass is 340 g/mol. The maximum atomic E-state index is 11.8. The summed E-state index contributed by atoms with van der Waals surface area (Å²) in [7, 11) is 0. The van der Waals surface area contributed by atoms with Gasteiger partial charge in [-0.15, -0.1) is 0 Å². The van der Waals surface area contributed by atoms with Crippen molar-refractivity contribution in [2.75, 3.05) is 5.73 Å². The van der Waals surface area contributed by atoms with Gasteiger partial charge in [0.1, 0.15) is 5.75 Å². The standard InChI is InChI=1S/C17H16N4O2S/c1-8-3-4-12(22)9(2)14(8)10-7-11(13-5-6-20-24-13)21-16(15(10)18)17(19)23/h3-7,22H,18H2,1-2H3,(H2,19,23). The Labute approximate surface area is 142 Å². The number of aromatic hydroxyl groups is 1. The summed E-state index contributed by atoms with van der Waals surface area (Å²) >= 11 is 1.26. The van der Waals surface area contributed by atoms with Crippen LogP contribution in [-0.2, 0) is 0 Å². The molecule has 24 heavy (non-hydrogen) atoms. The van der Waals surface area contributed by atoms with E-state index >= 15 is 0 Å². The fourth-order valence-corrected chi connectivity index (χ4v) is 3.23. The molecule has 0 aliphatic heterocycles. The number of amides is 1. The summed E-state index contributed by atoms with van der Waals surface area (Å²) in [5.41, 5.74) is 15.4. The Morgan fingerprint density at radius 2 is 2.00 bits per heavy atom. The topological polar surface area (TPSA) is 115 Å². The molecule has 6 nitrogen and oxygen atoms in total. The molecule has 7 heteroatoms. The molecule has 0 saturated heterocycles. The number of carbonyl (C=O) groups is 1. The van der Waals surface area contributed by atoms with Crippen LogP contribution in [0.4, 0.5) is 5.69 Å². The van der Waals surface area contributed by atoms with Crippen molar-refractivity contribution in [3.05, 3.63) is 47.3 Å². The van der Waals surface area contributed by atoms with E-state index in [4.69, 9.17) is 11.5 Å². The Morgan fingerprint density at radius 3 is 2.62 bits per heavy atom. The molecule has 5 N–H and O–H groups in total. The summed E-state index contributed by atoms with van der Waals surface area (Å²) in [6.07, 6.45) is 1.66. The fraction of sp³-hybridized carbons (Fsp3) is 0.118. The molecule has 0 saturated carbocycles. The van der Waals surface area contributed by atoms with Gasteiger partial charge in [-0.05, 0) is 60.3 Å². The van der Waals surface area contributed by atoms with Crippen LogP contribution in [-0.4, -0.2) is 20.4 Å². The SMILES string of the molecule is Cc1ccc(O)c(C)c1-c1cc(-c2ccns2)nc(C(N)=O)c1N. The molecule has 0 atom stereocenters. The Morgan fingerprint density at radius 1 is 1.25 bits per heavy atom. The molecule has 122 valence electrons. The number of aromatic nitrogens is 2. The van der Waals surface area contributed by atoms with Gasteiger partial charge in [0.05, 0.1) is 16.3 Å². The van der Waals surface area contributed by atoms with Crippen LogP contribution in [0.5, 0.6) is 5.75 Å². The zero-order valence-electron chi connectivity index (χ0n) is 13.2. The summed E-state index contributed by atoms with van der Waals surface area (Å²) in [4.78, 5) is 16.9. The minimum atomic E-state index is -0.699. The highest BCUT2D eigenvalue weighted by Crippen LogP contribution is 2.38. The molecule has 0 spiro atoms. The Bertz CT molecular complexity index is 936. The van der Waals surface area contributed by atoms with Crippen LogP contribution in [0.1, 0.15) is 21.6 Å². The van der Waals surface area contributed by atoms with Gasteiger partial charge in [0.25, 0.3) is 5.91 Å². The number of hydrogen-bond donors (Lipinski definition) is 3. The summed E-state index contributed by atoms with van der Waals surface area (Å²) < 4.78 is 4.06. The maximum absolute atomic E-state index is 11.8. The average Bonchev–Trinajstić information content (AvgIpc) is 3.07. The molecular formula is C17H16N4O2S. The molecule has 0 radical (unpaired) electrons. The summed E-state index contributed by atoms with van der Waals surface area (Å²) in [6, 6.07) is 7.03. The van der Waals surface area contributed by atoms with Gasteiger partial charge in [-0.3, -0.25) is 4.79 Å². The zero-order valence-corrected chi connectivity index (χ0v) is 14.0. The highest BCUT2D eigenvalue weighted by atomic mass is 32.1. The quantitative estimate of drug-likeness (QED) is 0.678. The first kappa shape index (κ1) is 15.9. The molecule has 1 amide bonds. The van der Waals surface area contributed by atoms with Gasteiger partial charge in [-0.25, -0.2) is 9.36 Å². The average molecular weight is 340 g/mol. The second-order valence-corrected chi connectivity index (χ2v) is 6.29. The molecule has 0 unspecified atom stereocenters. The largest absolute Gasteiger partial charge is 0.508 e. The van der Waals surface area contributed by atoms with E-state index in [2.05, 4.69) is 9.36 Å². The number of pyridine rings is 1. The smallest absolute Gasteiger partial charge is 0.269 e. The highest BCUT2D eigenvalue weighted by Gasteiger charge is 2.20. The number of nitrogens with two attached hydrogens (primary N) is 2. The van der Waals surface area contributed by atoms with Crippen LogP contribution in [0.15, 0.2) is 30.5 Å². The lowest BCUT2D eigenvalue weighted by molar-refractivity contribution is 0.0996. The summed E-state index contributed by atoms with van der Waals surface area (Å²) in [5, 5.41) is 10.1. The van der Waals surface area contributed by atoms with Crippen LogP contribution >= 0.6 is 11.5 Å². The van der Waals surface area contributed by atoms with Gasteiger partial charge >= 0.3 is 0 Å². The molecule has 2 heterocycles. The third-order valence-electron chi connectivity index (χ3n) is 3.90. The van der Waals surface area contributed by atoms with Crippen LogP contribution in [0.2, 0.25) is 0 Å². The zero-order chi connectivity index (χ0) is 17.4. The first-order valence-electron chi connectivity index (χ1n) is 7.21. The Kier molecular flexibility index (Phi) is 3.94. The Balaban J connectivity index is 2.36. The fourth-order valence-electron chi connectivity index (χ4n) is 2.67. The number of anilines is 1. The van der Waals surface area contributed by atoms with E-state index in [0.29, 0.717) is 16.8 Å². The molecule has 3 aromatic rings. The van der Waals surface area contributed by atoms with E-state index in [1.54, 1.807) is 37.4 Å². The predicted octanol–water partition coefficient (Wildman–Crippen LogP) is 2.88. The summed E-state index contributed by atoms with van der Waals surface area (Å²) in [5.74, 6) is -0.539. The minimum Gasteiger partial charge on any atom is -0.508 e. The van der Waals surface area contributed by atoms with Crippen LogP contribution in [0.3, 0.4) is 0 Å². The number of hydrogen-bond acceptors (Lipinski definition) is 6. The maximum Gasteiger partial charge on any atom is 0.269 e. The molecule has 0 fully saturated rings. The number of rotatable bonds is 3. The number of phenols is 1. The van der Waals surface area contributed by atoms with E-state index in [1.165, 1.54) is 11.5 Å². The van der Waals surface area contributed by atoms with E-state index in [-0.39, 0.29) is 17.1 Å². The van der Waals surface area contributed by atoms with Gasteiger partial charge in [-0.2, -0.15) is 0 Å². The number of nitrogen functional groups attached to an aromatic ring is 1. The van der Waals surface area contributed by atoms with Crippen molar-refractivity contribution in [1.29, 1.82) is 0 Å². The molecule has 0 aliphatic rings. The molecule has 1 aromatic carbocycles. The lowest BCUT2D eigenvalue weighted by Gasteiger charge is -2.16. The number of phenolic OH excluding ortho intramolecular Hbond substituents is 1. The molecule has 0 aliphatic carbocycles. The van der Waals surface area contributed by atoms with Crippen molar-refractivity contribution >= 4 is 23.1 Å². The van der Waals surface area contributed by atoms with Gasteiger partial charge in [0.15, 0.2) is 5.69 Å². The van der Waals surface area contributed by atoms with Crippen LogP contribution < -0.4 is 11.5 Å². The third kappa shape index (κ3) is 2.59. The summed E-state index contributed by atoms with van der Waals surface area (Å²) in [6.45, 7) is 3.71. The molecule has 3 rings (SSSR count). The molecular weight excluding hydrogens is 324 g/mol. The number of benzene rings is 1. The van der Waals surface area contributed by atoms with E-state index < -0.39 is 5.91 Å². The second-order valence-electron chi connectivity index (χ2n) is 5.46. The van der Waals surface area contributed by atoms with Crippen molar-refractivity contribution in [1.82, 2.24) is 9.36 Å². The molecule has 2 aromatic heterocycles. The van der Waals surface area contributed by atoms with Crippen LogP contribution in [0.25, 0.3) is 21.7 Å². The first-order valence-corrected chi connectivity index (χ1v) is 7.98. The number of aryl methyl sites for hydroxylation is 1. The van der Waals surface area contributed by atoms with Gasteiger partial charge in [0, 0.05) is 11.8 Å². The lowest BCUT2D eigenvalue weighted by atomic mass is 9.93. The van der Waals surface area contributed by atoms with Gasteiger partial charge < -0.3 is 16.6 Å². The normalized spacial score (nSPS) is 10.8. The number of primary amides is 1. The van der Waals surface area contributed by atoms with Crippen molar-refractivity contribution < 1.29 is 9.90 Å². The van der Waals surface area contributed by atoms with Gasteiger partial charge in [-0.1, -0.05) is 6.07 Å². The number of nitrogens with zero attached hydrogens (tertiary/aromatic N) is 2. The molecule has 0 bridgehead atoms. The predicted molar refractivity (Wildman–Crippen MR) is 94.9 cm³/mol. The third-order valence-corrected chi connectivity index (χ3v) is 4.67. The second kappa shape index (κ2) is 5.93. The van der Waals surface area contributed by atoms with Crippen molar-refractivity contribution in [3.8, 4) is 27.4 Å².